The Balaban J connectivity index is 0.00000385. The van der Waals surface area contributed by atoms with E-state index < -0.39 is 20.5 Å². The molecule has 0 aliphatic carbocycles. The second-order valence-electron chi connectivity index (χ2n) is 7.97. The zero-order valence-corrected chi connectivity index (χ0v) is 19.9. The smallest absolute Gasteiger partial charge is 0.271 e. The van der Waals surface area contributed by atoms with E-state index in [1.54, 1.807) is 12.1 Å². The summed E-state index contributed by atoms with van der Waals surface area (Å²) < 4.78 is 30.0. The molecule has 0 saturated carbocycles. The van der Waals surface area contributed by atoms with E-state index in [0.717, 1.165) is 0 Å². The monoisotopic (exact) mass is 498 g/mol. The van der Waals surface area contributed by atoms with E-state index in [0.29, 0.717) is 23.7 Å². The van der Waals surface area contributed by atoms with Gasteiger partial charge in [-0.25, -0.2) is 18.9 Å². The Kier molecular flexibility index (Phi) is 8.89. The van der Waals surface area contributed by atoms with Crippen molar-refractivity contribution >= 4 is 34.1 Å². The molecule has 1 aliphatic rings. The van der Waals surface area contributed by atoms with Crippen LogP contribution < -0.4 is 10.8 Å². The van der Waals surface area contributed by atoms with E-state index in [2.05, 4.69) is 15.3 Å². The van der Waals surface area contributed by atoms with Crippen LogP contribution in [-0.2, 0) is 19.4 Å². The highest BCUT2D eigenvalue weighted by Gasteiger charge is 2.52. The molecule has 0 unspecified atom stereocenters. The van der Waals surface area contributed by atoms with Crippen molar-refractivity contribution in [2.75, 3.05) is 19.8 Å². The van der Waals surface area contributed by atoms with Crippen LogP contribution in [-0.4, -0.2) is 59.9 Å². The molecule has 1 aromatic heterocycles. The molecule has 3 rings (SSSR count). The van der Waals surface area contributed by atoms with Gasteiger partial charge in [-0.1, -0.05) is 26.0 Å². The molecule has 2 aromatic rings. The van der Waals surface area contributed by atoms with Crippen molar-refractivity contribution < 1.29 is 28.0 Å². The number of halogens is 1. The van der Waals surface area contributed by atoms with Crippen LogP contribution in [0.25, 0.3) is 11.3 Å². The Morgan fingerprint density at radius 1 is 1.12 bits per heavy atom. The highest BCUT2D eigenvalue weighted by Crippen LogP contribution is 2.35. The predicted molar refractivity (Wildman–Crippen MR) is 122 cm³/mol. The van der Waals surface area contributed by atoms with Crippen molar-refractivity contribution in [3.63, 3.8) is 0 Å². The van der Waals surface area contributed by atoms with E-state index in [4.69, 9.17) is 9.94 Å². The Bertz CT molecular complexity index is 1070. The first-order chi connectivity index (χ1) is 15.2. The molecule has 1 aliphatic heterocycles. The van der Waals surface area contributed by atoms with Crippen LogP contribution in [0.5, 0.6) is 0 Å². The van der Waals surface area contributed by atoms with Gasteiger partial charge in [-0.15, -0.1) is 12.4 Å². The summed E-state index contributed by atoms with van der Waals surface area (Å²) in [4.78, 5) is 32.7. The van der Waals surface area contributed by atoms with Crippen molar-refractivity contribution in [3.8, 4) is 11.3 Å². The lowest BCUT2D eigenvalue weighted by Crippen LogP contribution is -2.54. The first-order valence-corrected chi connectivity index (χ1v) is 11.7. The SMILES string of the molecule is CC(C)CNC(=O)c1cnc(-c2ccc(S(=O)(=O)C3(C(=O)NO)CCOCC3)cc2)cn1.Cl. The summed E-state index contributed by atoms with van der Waals surface area (Å²) in [5.74, 6) is -0.977. The number of amides is 2. The van der Waals surface area contributed by atoms with Crippen LogP contribution in [0.3, 0.4) is 0 Å². The van der Waals surface area contributed by atoms with Gasteiger partial charge in [0.1, 0.15) is 5.69 Å². The number of hydrogen-bond donors (Lipinski definition) is 3. The molecule has 2 amide bonds. The number of sulfone groups is 1. The maximum atomic E-state index is 13.3. The normalized spacial score (nSPS) is 15.4. The zero-order chi connectivity index (χ0) is 23.4. The number of rotatable bonds is 7. The van der Waals surface area contributed by atoms with E-state index in [9.17, 15) is 18.0 Å². The predicted octanol–water partition coefficient (Wildman–Crippen LogP) is 1.78. The largest absolute Gasteiger partial charge is 0.381 e. The minimum absolute atomic E-state index is 0. The topological polar surface area (TPSA) is 148 Å². The maximum absolute atomic E-state index is 13.3. The lowest BCUT2D eigenvalue weighted by molar-refractivity contribution is -0.134. The summed E-state index contributed by atoms with van der Waals surface area (Å²) in [6, 6.07) is 5.88. The average Bonchev–Trinajstić information content (AvgIpc) is 2.82. The number of hydroxylamine groups is 1. The number of carbonyl (C=O) groups excluding carboxylic acids is 2. The van der Waals surface area contributed by atoms with Crippen LogP contribution >= 0.6 is 12.4 Å². The van der Waals surface area contributed by atoms with E-state index in [-0.39, 0.29) is 55.0 Å². The van der Waals surface area contributed by atoms with Gasteiger partial charge in [-0.2, -0.15) is 0 Å². The van der Waals surface area contributed by atoms with E-state index in [1.165, 1.54) is 30.0 Å². The Morgan fingerprint density at radius 2 is 1.76 bits per heavy atom. The quantitative estimate of drug-likeness (QED) is 0.386. The molecular weight excluding hydrogens is 472 g/mol. The Labute approximate surface area is 198 Å². The van der Waals surface area contributed by atoms with Crippen molar-refractivity contribution in [2.24, 2.45) is 5.92 Å². The van der Waals surface area contributed by atoms with Crippen molar-refractivity contribution in [2.45, 2.75) is 36.3 Å². The summed E-state index contributed by atoms with van der Waals surface area (Å²) in [6.07, 6.45) is 2.68. The molecule has 33 heavy (non-hydrogen) atoms. The van der Waals surface area contributed by atoms with Gasteiger partial charge in [0.2, 0.25) is 0 Å². The third-order valence-corrected chi connectivity index (χ3v) is 7.86. The fourth-order valence-corrected chi connectivity index (χ4v) is 5.37. The molecule has 3 N–H and O–H groups in total. The number of aromatic nitrogens is 2. The van der Waals surface area contributed by atoms with Gasteiger partial charge < -0.3 is 10.1 Å². The highest BCUT2D eigenvalue weighted by atomic mass is 35.5. The molecule has 180 valence electrons. The summed E-state index contributed by atoms with van der Waals surface area (Å²) >= 11 is 0. The molecule has 0 radical (unpaired) electrons. The molecule has 0 atom stereocenters. The summed E-state index contributed by atoms with van der Waals surface area (Å²) in [5.41, 5.74) is 2.74. The lowest BCUT2D eigenvalue weighted by atomic mass is 9.98. The zero-order valence-electron chi connectivity index (χ0n) is 18.3. The lowest BCUT2D eigenvalue weighted by Gasteiger charge is -2.34. The molecule has 1 aromatic carbocycles. The summed E-state index contributed by atoms with van der Waals surface area (Å²) in [7, 11) is -4.11. The van der Waals surface area contributed by atoms with E-state index >= 15 is 0 Å². The Hall–Kier alpha value is -2.60. The molecule has 0 spiro atoms. The van der Waals surface area contributed by atoms with Crippen molar-refractivity contribution in [3.05, 3.63) is 42.4 Å². The van der Waals surface area contributed by atoms with Gasteiger partial charge in [0.05, 0.1) is 23.0 Å². The van der Waals surface area contributed by atoms with Crippen LogP contribution in [0.15, 0.2) is 41.6 Å². The van der Waals surface area contributed by atoms with Gasteiger partial charge >= 0.3 is 0 Å². The Morgan fingerprint density at radius 3 is 2.27 bits per heavy atom. The van der Waals surface area contributed by atoms with Crippen LogP contribution in [0.4, 0.5) is 0 Å². The van der Waals surface area contributed by atoms with Gasteiger partial charge in [-0.3, -0.25) is 19.8 Å². The number of benzene rings is 1. The number of nitrogens with zero attached hydrogens (tertiary/aromatic N) is 2. The molecule has 0 bridgehead atoms. The molecule has 10 nitrogen and oxygen atoms in total. The third-order valence-electron chi connectivity index (χ3n) is 5.35. The molecule has 12 heteroatoms. The molecule has 1 fully saturated rings. The fourth-order valence-electron chi connectivity index (χ4n) is 3.43. The standard InChI is InChI=1S/C21H26N4O6S.ClH/c1-14(2)11-24-19(26)18-13-22-17(12-23-18)15-3-5-16(6-4-15)32(29,30)21(20(27)25-28)7-9-31-10-8-21;/h3-6,12-14,28H,7-11H2,1-2H3,(H,24,26)(H,25,27);1H. The third kappa shape index (κ3) is 5.49. The van der Waals surface area contributed by atoms with Crippen LogP contribution in [0.2, 0.25) is 0 Å². The fraction of sp³-hybridized carbons (Fsp3) is 0.429. The van der Waals surface area contributed by atoms with Gasteiger partial charge in [-0.05, 0) is 30.9 Å². The number of hydrogen-bond acceptors (Lipinski definition) is 8. The summed E-state index contributed by atoms with van der Waals surface area (Å²) in [6.45, 7) is 4.69. The number of ether oxygens (including phenoxy) is 1. The number of carbonyl (C=O) groups is 2. The van der Waals surface area contributed by atoms with Gasteiger partial charge in [0.15, 0.2) is 14.6 Å². The van der Waals surface area contributed by atoms with Crippen molar-refractivity contribution in [1.29, 1.82) is 0 Å². The van der Waals surface area contributed by atoms with Crippen molar-refractivity contribution in [1.82, 2.24) is 20.8 Å². The van der Waals surface area contributed by atoms with Crippen LogP contribution in [0, 0.1) is 5.92 Å². The first-order valence-electron chi connectivity index (χ1n) is 10.2. The molecule has 1 saturated heterocycles. The minimum atomic E-state index is -4.11. The highest BCUT2D eigenvalue weighted by molar-refractivity contribution is 7.93. The second-order valence-corrected chi connectivity index (χ2v) is 10.2. The second kappa shape index (κ2) is 11.0. The van der Waals surface area contributed by atoms with Gasteiger partial charge in [0, 0.05) is 25.3 Å². The van der Waals surface area contributed by atoms with Crippen LogP contribution in [0.1, 0.15) is 37.2 Å². The first kappa shape index (κ1) is 26.7. The molecule has 2 heterocycles. The molecular formula is C21H27ClN4O6S. The van der Waals surface area contributed by atoms with Gasteiger partial charge in [0.25, 0.3) is 11.8 Å². The maximum Gasteiger partial charge on any atom is 0.271 e. The minimum Gasteiger partial charge on any atom is -0.381 e. The average molecular weight is 499 g/mol. The van der Waals surface area contributed by atoms with E-state index in [1.807, 2.05) is 13.8 Å². The number of nitrogens with one attached hydrogen (secondary N) is 2. The summed E-state index contributed by atoms with van der Waals surface area (Å²) in [5, 5.41) is 11.9.